The maximum atomic E-state index is 13.8. The minimum atomic E-state index is -0.799. The summed E-state index contributed by atoms with van der Waals surface area (Å²) in [6.07, 6.45) is 0. The molecule has 1 amide bonds. The maximum Gasteiger partial charge on any atom is 0.352 e. The van der Waals surface area contributed by atoms with Crippen molar-refractivity contribution >= 4 is 34.8 Å². The quantitative estimate of drug-likeness (QED) is 0.641. The summed E-state index contributed by atoms with van der Waals surface area (Å²) in [5.74, 6) is -1.39. The van der Waals surface area contributed by atoms with Gasteiger partial charge in [-0.3, -0.25) is 9.59 Å². The Hall–Kier alpha value is -3.17. The fourth-order valence-corrected chi connectivity index (χ4v) is 2.96. The molecule has 1 heterocycles. The van der Waals surface area contributed by atoms with Gasteiger partial charge in [-0.25, -0.2) is 13.8 Å². The number of benzene rings is 2. The first-order valence-corrected chi connectivity index (χ1v) is 9.26. The molecular weight excluding hydrogens is 438 g/mol. The zero-order valence-corrected chi connectivity index (χ0v) is 17.3. The molecule has 3 rings (SSSR count). The van der Waals surface area contributed by atoms with Gasteiger partial charge in [0.1, 0.15) is 5.82 Å². The minimum Gasteiger partial charge on any atom is -0.476 e. The maximum absolute atomic E-state index is 13.8. The molecule has 30 heavy (non-hydrogen) atoms. The van der Waals surface area contributed by atoms with Crippen LogP contribution in [0.15, 0.2) is 46.0 Å². The third-order valence-corrected chi connectivity index (χ3v) is 4.69. The van der Waals surface area contributed by atoms with Crippen molar-refractivity contribution in [3.63, 3.8) is 0 Å². The molecule has 0 bridgehead atoms. The van der Waals surface area contributed by atoms with E-state index < -0.39 is 17.1 Å². The molecule has 0 saturated carbocycles. The fraction of sp³-hybridized carbons (Fsp3) is 0.158. The van der Waals surface area contributed by atoms with Crippen LogP contribution in [0.25, 0.3) is 5.69 Å². The summed E-state index contributed by atoms with van der Waals surface area (Å²) in [6, 6.07) is 8.32. The summed E-state index contributed by atoms with van der Waals surface area (Å²) >= 11 is 11.8. The molecule has 1 aromatic heterocycles. The first kappa shape index (κ1) is 21.5. The lowest BCUT2D eigenvalue weighted by molar-refractivity contribution is -0.114. The van der Waals surface area contributed by atoms with Crippen LogP contribution < -0.4 is 21.3 Å². The highest BCUT2D eigenvalue weighted by Crippen LogP contribution is 2.24. The number of methoxy groups -OCH3 is 1. The Balaban J connectivity index is 2.16. The monoisotopic (exact) mass is 452 g/mol. The first-order valence-electron chi connectivity index (χ1n) is 8.51. The largest absolute Gasteiger partial charge is 0.476 e. The number of nitrogens with zero attached hydrogens (tertiary/aromatic N) is 3. The zero-order valence-electron chi connectivity index (χ0n) is 15.8. The lowest BCUT2D eigenvalue weighted by Gasteiger charge is -2.13. The number of carbonyl (C=O) groups excluding carboxylic acids is 1. The number of halogens is 3. The van der Waals surface area contributed by atoms with Crippen LogP contribution in [-0.2, 0) is 11.3 Å². The Kier molecular flexibility index (Phi) is 6.23. The number of nitrogens with one attached hydrogen (secondary N) is 1. The molecule has 156 valence electrons. The Morgan fingerprint density at radius 2 is 1.87 bits per heavy atom. The normalized spacial score (nSPS) is 10.7. The molecule has 0 aliphatic rings. The number of amides is 1. The van der Waals surface area contributed by atoms with Crippen LogP contribution in [0.4, 0.5) is 10.1 Å². The number of aromatic nitrogens is 3. The van der Waals surface area contributed by atoms with Crippen molar-refractivity contribution in [2.45, 2.75) is 13.5 Å². The van der Waals surface area contributed by atoms with Crippen LogP contribution in [0.2, 0.25) is 10.0 Å². The molecule has 8 nitrogen and oxygen atoms in total. The summed E-state index contributed by atoms with van der Waals surface area (Å²) in [5, 5.41) is 6.65. The number of carbonyl (C=O) groups is 1. The summed E-state index contributed by atoms with van der Waals surface area (Å²) in [4.78, 5) is 37.0. The second-order valence-electron chi connectivity index (χ2n) is 6.19. The van der Waals surface area contributed by atoms with Crippen LogP contribution in [0.5, 0.6) is 5.88 Å². The highest BCUT2D eigenvalue weighted by atomic mass is 35.5. The Bertz CT molecular complexity index is 1260. The Morgan fingerprint density at radius 1 is 1.17 bits per heavy atom. The molecule has 1 N–H and O–H groups in total. The number of anilines is 1. The van der Waals surface area contributed by atoms with Gasteiger partial charge in [-0.05, 0) is 35.9 Å². The van der Waals surface area contributed by atoms with E-state index in [4.69, 9.17) is 27.9 Å². The van der Waals surface area contributed by atoms with Crippen molar-refractivity contribution in [1.82, 2.24) is 14.3 Å². The van der Waals surface area contributed by atoms with E-state index in [-0.39, 0.29) is 39.8 Å². The van der Waals surface area contributed by atoms with Gasteiger partial charge in [0.05, 0.1) is 35.1 Å². The molecular formula is C19H15Cl2FN4O4. The predicted octanol–water partition coefficient (Wildman–Crippen LogP) is 2.86. The van der Waals surface area contributed by atoms with Gasteiger partial charge in [-0.2, -0.15) is 4.68 Å². The third kappa shape index (κ3) is 4.37. The van der Waals surface area contributed by atoms with Crippen molar-refractivity contribution in [2.75, 3.05) is 12.4 Å². The van der Waals surface area contributed by atoms with E-state index in [0.717, 1.165) is 15.3 Å². The molecule has 0 spiro atoms. The van der Waals surface area contributed by atoms with Crippen molar-refractivity contribution in [1.29, 1.82) is 0 Å². The van der Waals surface area contributed by atoms with Gasteiger partial charge >= 0.3 is 11.2 Å². The van der Waals surface area contributed by atoms with E-state index in [9.17, 15) is 18.8 Å². The van der Waals surface area contributed by atoms with Gasteiger partial charge in [0.2, 0.25) is 5.91 Å². The van der Waals surface area contributed by atoms with E-state index in [2.05, 4.69) is 10.4 Å². The second kappa shape index (κ2) is 8.68. The molecule has 0 aliphatic carbocycles. The molecule has 0 saturated heterocycles. The van der Waals surface area contributed by atoms with E-state index in [1.807, 2.05) is 0 Å². The highest BCUT2D eigenvalue weighted by Gasteiger charge is 2.17. The lowest BCUT2D eigenvalue weighted by atomic mass is 10.2. The van der Waals surface area contributed by atoms with Crippen molar-refractivity contribution in [2.24, 2.45) is 0 Å². The number of hydrogen-bond donors (Lipinski definition) is 1. The number of ether oxygens (including phenoxy) is 1. The topological polar surface area (TPSA) is 95.2 Å². The molecule has 0 radical (unpaired) electrons. The SMILES string of the molecule is COc1nn(-c2ccc(Cl)c(NC(C)=O)c2)c(=O)n(Cc2ccc(Cl)c(F)c2)c1=O. The minimum absolute atomic E-state index is 0.0810. The van der Waals surface area contributed by atoms with Gasteiger partial charge in [0.15, 0.2) is 0 Å². The highest BCUT2D eigenvalue weighted by molar-refractivity contribution is 6.33. The third-order valence-electron chi connectivity index (χ3n) is 4.05. The van der Waals surface area contributed by atoms with E-state index in [1.165, 1.54) is 44.4 Å². The van der Waals surface area contributed by atoms with Gasteiger partial charge in [0.25, 0.3) is 5.88 Å². The van der Waals surface area contributed by atoms with Gasteiger partial charge in [-0.15, -0.1) is 5.10 Å². The fourth-order valence-electron chi connectivity index (χ4n) is 2.68. The summed E-state index contributed by atoms with van der Waals surface area (Å²) < 4.78 is 20.6. The van der Waals surface area contributed by atoms with Crippen LogP contribution in [0.3, 0.4) is 0 Å². The smallest absolute Gasteiger partial charge is 0.352 e. The zero-order chi connectivity index (χ0) is 22.0. The van der Waals surface area contributed by atoms with Crippen LogP contribution >= 0.6 is 23.2 Å². The average molecular weight is 453 g/mol. The Labute approximate surface area is 179 Å². The average Bonchev–Trinajstić information content (AvgIpc) is 2.69. The van der Waals surface area contributed by atoms with Gasteiger partial charge in [-0.1, -0.05) is 29.3 Å². The molecule has 2 aromatic carbocycles. The summed E-state index contributed by atoms with van der Waals surface area (Å²) in [5.41, 5.74) is -0.766. The van der Waals surface area contributed by atoms with Crippen LogP contribution in [0, 0.1) is 5.82 Å². The molecule has 11 heteroatoms. The van der Waals surface area contributed by atoms with Gasteiger partial charge in [0, 0.05) is 6.92 Å². The molecule has 3 aromatic rings. The standard InChI is InChI=1S/C19H15Cl2FN4O4/c1-10(27)23-16-8-12(4-6-14(16)21)26-19(29)25(18(28)17(24-26)30-2)9-11-3-5-13(20)15(22)7-11/h3-8H,9H2,1-2H3,(H,23,27). The van der Waals surface area contributed by atoms with Crippen LogP contribution in [-0.4, -0.2) is 27.4 Å². The summed E-state index contributed by atoms with van der Waals surface area (Å²) in [6.45, 7) is 1.07. The number of rotatable bonds is 5. The van der Waals surface area contributed by atoms with Crippen molar-refractivity contribution in [3.8, 4) is 11.6 Å². The molecule has 0 fully saturated rings. The van der Waals surface area contributed by atoms with Crippen LogP contribution in [0.1, 0.15) is 12.5 Å². The lowest BCUT2D eigenvalue weighted by Crippen LogP contribution is -2.41. The predicted molar refractivity (Wildman–Crippen MR) is 110 cm³/mol. The van der Waals surface area contributed by atoms with Crippen molar-refractivity contribution < 1.29 is 13.9 Å². The molecule has 0 aliphatic heterocycles. The van der Waals surface area contributed by atoms with Crippen molar-refractivity contribution in [3.05, 3.63) is 78.7 Å². The molecule has 0 unspecified atom stereocenters. The van der Waals surface area contributed by atoms with E-state index in [1.54, 1.807) is 0 Å². The Morgan fingerprint density at radius 3 is 2.50 bits per heavy atom. The summed E-state index contributed by atoms with van der Waals surface area (Å²) in [7, 11) is 1.23. The van der Waals surface area contributed by atoms with E-state index >= 15 is 0 Å². The second-order valence-corrected chi connectivity index (χ2v) is 7.00. The van der Waals surface area contributed by atoms with E-state index in [0.29, 0.717) is 5.56 Å². The number of hydrogen-bond acceptors (Lipinski definition) is 5. The first-order chi connectivity index (χ1) is 14.2. The molecule has 0 atom stereocenters. The van der Waals surface area contributed by atoms with Gasteiger partial charge < -0.3 is 10.1 Å².